The Kier molecular flexibility index (Phi) is 3.68. The highest BCUT2D eigenvalue weighted by molar-refractivity contribution is 5.24. The maximum absolute atomic E-state index is 13.2. The number of hydrogen-bond acceptors (Lipinski definition) is 2. The zero-order valence-corrected chi connectivity index (χ0v) is 10.6. The Morgan fingerprint density at radius 1 is 1.61 bits per heavy atom. The second-order valence-corrected chi connectivity index (χ2v) is 5.24. The van der Waals surface area contributed by atoms with Crippen LogP contribution in [-0.2, 0) is 0 Å². The fourth-order valence-electron chi connectivity index (χ4n) is 2.94. The molecule has 3 heteroatoms. The molecule has 1 aromatic carbocycles. The Morgan fingerprint density at radius 2 is 2.39 bits per heavy atom. The molecule has 0 amide bonds. The molecule has 1 aliphatic rings. The Hall–Kier alpha value is -1.40. The second kappa shape index (κ2) is 5.07. The number of benzene rings is 1. The van der Waals surface area contributed by atoms with Crippen LogP contribution in [0.15, 0.2) is 24.3 Å². The number of nitriles is 1. The third-order valence-corrected chi connectivity index (χ3v) is 4.14. The first-order valence-corrected chi connectivity index (χ1v) is 6.46. The number of nitrogens with zero attached hydrogens (tertiary/aromatic N) is 1. The van der Waals surface area contributed by atoms with Crippen LogP contribution >= 0.6 is 0 Å². The molecule has 2 nitrogen and oxygen atoms in total. The van der Waals surface area contributed by atoms with Crippen molar-refractivity contribution in [3.8, 4) is 6.07 Å². The molecular weight excluding hydrogens is 229 g/mol. The number of halogens is 1. The van der Waals surface area contributed by atoms with Crippen molar-refractivity contribution < 1.29 is 9.50 Å². The minimum Gasteiger partial charge on any atom is -0.387 e. The first-order valence-electron chi connectivity index (χ1n) is 6.46. The lowest BCUT2D eigenvalue weighted by Crippen LogP contribution is -2.24. The van der Waals surface area contributed by atoms with Gasteiger partial charge in [0.2, 0.25) is 0 Å². The molecule has 0 heterocycles. The van der Waals surface area contributed by atoms with Crippen LogP contribution in [0.2, 0.25) is 0 Å². The van der Waals surface area contributed by atoms with Crippen LogP contribution in [0.3, 0.4) is 0 Å². The largest absolute Gasteiger partial charge is 0.387 e. The molecule has 0 aromatic heterocycles. The third-order valence-electron chi connectivity index (χ3n) is 4.14. The van der Waals surface area contributed by atoms with Gasteiger partial charge in [-0.05, 0) is 42.9 Å². The molecule has 0 bridgehead atoms. The van der Waals surface area contributed by atoms with Crippen molar-refractivity contribution in [3.63, 3.8) is 0 Å². The Bertz CT molecular complexity index is 468. The van der Waals surface area contributed by atoms with Crippen molar-refractivity contribution in [2.75, 3.05) is 0 Å². The van der Waals surface area contributed by atoms with Gasteiger partial charge in [-0.1, -0.05) is 25.5 Å². The van der Waals surface area contributed by atoms with E-state index in [4.69, 9.17) is 0 Å². The molecule has 1 aromatic rings. The quantitative estimate of drug-likeness (QED) is 0.887. The van der Waals surface area contributed by atoms with E-state index in [2.05, 4.69) is 13.0 Å². The summed E-state index contributed by atoms with van der Waals surface area (Å²) in [4.78, 5) is 0. The summed E-state index contributed by atoms with van der Waals surface area (Å²) in [6.07, 6.45) is 2.50. The van der Waals surface area contributed by atoms with Gasteiger partial charge in [0, 0.05) is 0 Å². The zero-order chi connectivity index (χ0) is 13.2. The molecule has 2 rings (SSSR count). The van der Waals surface area contributed by atoms with Crippen LogP contribution in [0.1, 0.15) is 44.3 Å². The predicted molar refractivity (Wildman–Crippen MR) is 67.0 cm³/mol. The van der Waals surface area contributed by atoms with Crippen molar-refractivity contribution in [2.45, 2.75) is 38.7 Å². The molecule has 1 aliphatic carbocycles. The van der Waals surface area contributed by atoms with Crippen molar-refractivity contribution in [3.05, 3.63) is 35.6 Å². The van der Waals surface area contributed by atoms with Gasteiger partial charge in [-0.15, -0.1) is 0 Å². The standard InChI is InChI=1S/C15H18FNO/c1-2-11-6-7-15(9-11,10-17)14(18)12-4-3-5-13(16)8-12/h3-5,8,11,14,18H,2,6-7,9H2,1H3. The number of rotatable bonds is 3. The fraction of sp³-hybridized carbons (Fsp3) is 0.533. The molecule has 1 N–H and O–H groups in total. The van der Waals surface area contributed by atoms with Crippen LogP contribution in [-0.4, -0.2) is 5.11 Å². The highest BCUT2D eigenvalue weighted by atomic mass is 19.1. The van der Waals surface area contributed by atoms with Crippen molar-refractivity contribution in [1.29, 1.82) is 5.26 Å². The van der Waals surface area contributed by atoms with E-state index in [9.17, 15) is 14.8 Å². The summed E-state index contributed by atoms with van der Waals surface area (Å²) in [6.45, 7) is 2.10. The summed E-state index contributed by atoms with van der Waals surface area (Å²) >= 11 is 0. The van der Waals surface area contributed by atoms with Crippen molar-refractivity contribution >= 4 is 0 Å². The summed E-state index contributed by atoms with van der Waals surface area (Å²) < 4.78 is 13.2. The molecule has 0 aliphatic heterocycles. The molecular formula is C15H18FNO. The van der Waals surface area contributed by atoms with Crippen LogP contribution in [0.4, 0.5) is 4.39 Å². The van der Waals surface area contributed by atoms with E-state index in [0.29, 0.717) is 24.3 Å². The molecule has 1 fully saturated rings. The smallest absolute Gasteiger partial charge is 0.123 e. The second-order valence-electron chi connectivity index (χ2n) is 5.24. The molecule has 96 valence electrons. The van der Waals surface area contributed by atoms with E-state index in [-0.39, 0.29) is 5.82 Å². The summed E-state index contributed by atoms with van der Waals surface area (Å²) in [6, 6.07) is 8.22. The summed E-state index contributed by atoms with van der Waals surface area (Å²) in [5, 5.41) is 19.8. The van der Waals surface area contributed by atoms with E-state index in [0.717, 1.165) is 12.8 Å². The van der Waals surface area contributed by atoms with Gasteiger partial charge in [-0.3, -0.25) is 0 Å². The number of hydrogen-bond donors (Lipinski definition) is 1. The molecule has 0 saturated heterocycles. The number of aliphatic hydroxyl groups excluding tert-OH is 1. The average molecular weight is 247 g/mol. The van der Waals surface area contributed by atoms with Crippen molar-refractivity contribution in [2.24, 2.45) is 11.3 Å². The van der Waals surface area contributed by atoms with Gasteiger partial charge in [0.1, 0.15) is 5.82 Å². The van der Waals surface area contributed by atoms with Gasteiger partial charge >= 0.3 is 0 Å². The normalized spacial score (nSPS) is 28.9. The van der Waals surface area contributed by atoms with E-state index < -0.39 is 11.5 Å². The lowest BCUT2D eigenvalue weighted by atomic mass is 9.78. The monoisotopic (exact) mass is 247 g/mol. The van der Waals surface area contributed by atoms with E-state index in [1.165, 1.54) is 12.1 Å². The van der Waals surface area contributed by atoms with E-state index in [1.807, 2.05) is 0 Å². The Balaban J connectivity index is 2.27. The van der Waals surface area contributed by atoms with E-state index >= 15 is 0 Å². The first-order chi connectivity index (χ1) is 8.61. The van der Waals surface area contributed by atoms with Gasteiger partial charge in [-0.25, -0.2) is 4.39 Å². The Labute approximate surface area is 107 Å². The fourth-order valence-corrected chi connectivity index (χ4v) is 2.94. The lowest BCUT2D eigenvalue weighted by Gasteiger charge is -2.27. The van der Waals surface area contributed by atoms with Crippen LogP contribution in [0.25, 0.3) is 0 Å². The molecule has 0 spiro atoms. The summed E-state index contributed by atoms with van der Waals surface area (Å²) in [5.74, 6) is 0.123. The van der Waals surface area contributed by atoms with Gasteiger partial charge < -0.3 is 5.11 Å². The topological polar surface area (TPSA) is 44.0 Å². The van der Waals surface area contributed by atoms with Crippen LogP contribution in [0.5, 0.6) is 0 Å². The Morgan fingerprint density at radius 3 is 2.94 bits per heavy atom. The van der Waals surface area contributed by atoms with Crippen LogP contribution < -0.4 is 0 Å². The van der Waals surface area contributed by atoms with Gasteiger partial charge in [0.15, 0.2) is 0 Å². The third kappa shape index (κ3) is 2.26. The minimum atomic E-state index is -0.894. The predicted octanol–water partition coefficient (Wildman–Crippen LogP) is 3.58. The first kappa shape index (κ1) is 13.0. The summed E-state index contributed by atoms with van der Waals surface area (Å²) in [7, 11) is 0. The zero-order valence-electron chi connectivity index (χ0n) is 10.6. The van der Waals surface area contributed by atoms with Gasteiger partial charge in [0.25, 0.3) is 0 Å². The molecule has 18 heavy (non-hydrogen) atoms. The summed E-state index contributed by atoms with van der Waals surface area (Å²) in [5.41, 5.74) is -0.234. The maximum atomic E-state index is 13.2. The molecule has 3 atom stereocenters. The highest BCUT2D eigenvalue weighted by Gasteiger charge is 2.45. The molecule has 3 unspecified atom stereocenters. The van der Waals surface area contributed by atoms with Crippen LogP contribution in [0, 0.1) is 28.5 Å². The van der Waals surface area contributed by atoms with Gasteiger partial charge in [-0.2, -0.15) is 5.26 Å². The van der Waals surface area contributed by atoms with Gasteiger partial charge in [0.05, 0.1) is 17.6 Å². The maximum Gasteiger partial charge on any atom is 0.123 e. The number of aliphatic hydroxyl groups is 1. The van der Waals surface area contributed by atoms with Crippen molar-refractivity contribution in [1.82, 2.24) is 0 Å². The molecule has 0 radical (unpaired) electrons. The lowest BCUT2D eigenvalue weighted by molar-refractivity contribution is 0.0638. The minimum absolute atomic E-state index is 0.371. The van der Waals surface area contributed by atoms with E-state index in [1.54, 1.807) is 12.1 Å². The molecule has 1 saturated carbocycles. The SMILES string of the molecule is CCC1CCC(C#N)(C(O)c2cccc(F)c2)C1. The highest BCUT2D eigenvalue weighted by Crippen LogP contribution is 2.50. The average Bonchev–Trinajstić information content (AvgIpc) is 2.83.